The zero-order chi connectivity index (χ0) is 9.26. The van der Waals surface area contributed by atoms with Gasteiger partial charge in [0.15, 0.2) is 11.6 Å². The molecule has 0 saturated heterocycles. The molecule has 1 aromatic heterocycles. The Hall–Kier alpha value is -1.71. The van der Waals surface area contributed by atoms with E-state index in [1.165, 1.54) is 12.4 Å². The maximum Gasteiger partial charge on any atom is 0.159 e. The van der Waals surface area contributed by atoms with E-state index in [0.717, 1.165) is 12.1 Å². The number of imidazole rings is 1. The lowest BCUT2D eigenvalue weighted by atomic mass is 10.1. The first-order chi connectivity index (χ1) is 6.27. The van der Waals surface area contributed by atoms with Gasteiger partial charge in [-0.3, -0.25) is 0 Å². The molecule has 0 fully saturated rings. The van der Waals surface area contributed by atoms with Gasteiger partial charge in [0.2, 0.25) is 0 Å². The fraction of sp³-hybridized carbons (Fsp3) is 0. The van der Waals surface area contributed by atoms with Crippen molar-refractivity contribution >= 4 is 0 Å². The van der Waals surface area contributed by atoms with Crippen molar-refractivity contribution in [3.63, 3.8) is 0 Å². The average molecular weight is 180 g/mol. The van der Waals surface area contributed by atoms with Gasteiger partial charge in [-0.1, -0.05) is 0 Å². The third-order valence-corrected chi connectivity index (χ3v) is 1.73. The number of hydrogen-bond acceptors (Lipinski definition) is 1. The van der Waals surface area contributed by atoms with Crippen LogP contribution in [0.25, 0.3) is 11.3 Å². The summed E-state index contributed by atoms with van der Waals surface area (Å²) in [4.78, 5) is 6.58. The molecule has 1 aromatic carbocycles. The highest BCUT2D eigenvalue weighted by Crippen LogP contribution is 2.18. The van der Waals surface area contributed by atoms with Crippen molar-refractivity contribution in [2.75, 3.05) is 0 Å². The van der Waals surface area contributed by atoms with E-state index in [4.69, 9.17) is 0 Å². The summed E-state index contributed by atoms with van der Waals surface area (Å²) in [6, 6.07) is 3.71. The highest BCUT2D eigenvalue weighted by Gasteiger charge is 2.04. The summed E-state index contributed by atoms with van der Waals surface area (Å²) in [6.45, 7) is 0. The summed E-state index contributed by atoms with van der Waals surface area (Å²) >= 11 is 0. The second-order valence-electron chi connectivity index (χ2n) is 2.59. The lowest BCUT2D eigenvalue weighted by Gasteiger charge is -1.97. The van der Waals surface area contributed by atoms with Crippen molar-refractivity contribution in [2.45, 2.75) is 0 Å². The molecule has 0 saturated carbocycles. The molecule has 66 valence electrons. The Bertz CT molecular complexity index is 410. The molecule has 0 spiro atoms. The van der Waals surface area contributed by atoms with Crippen molar-refractivity contribution in [1.29, 1.82) is 0 Å². The first-order valence-electron chi connectivity index (χ1n) is 3.71. The molecule has 2 aromatic rings. The summed E-state index contributed by atoms with van der Waals surface area (Å²) in [5.74, 6) is -1.70. The van der Waals surface area contributed by atoms with E-state index in [1.54, 1.807) is 6.20 Å². The first-order valence-corrected chi connectivity index (χ1v) is 3.71. The number of aromatic amines is 1. The monoisotopic (exact) mass is 180 g/mol. The molecule has 2 nitrogen and oxygen atoms in total. The lowest BCUT2D eigenvalue weighted by Crippen LogP contribution is -1.84. The van der Waals surface area contributed by atoms with Crippen molar-refractivity contribution < 1.29 is 8.78 Å². The van der Waals surface area contributed by atoms with Crippen molar-refractivity contribution in [3.05, 3.63) is 42.4 Å². The van der Waals surface area contributed by atoms with Crippen molar-refractivity contribution in [3.8, 4) is 11.3 Å². The van der Waals surface area contributed by atoms with Gasteiger partial charge in [-0.05, 0) is 18.2 Å². The summed E-state index contributed by atoms with van der Waals surface area (Å²) < 4.78 is 25.3. The molecule has 2 rings (SSSR count). The predicted octanol–water partition coefficient (Wildman–Crippen LogP) is 2.35. The summed E-state index contributed by atoms with van der Waals surface area (Å²) in [6.07, 6.45) is 3.03. The molecule has 0 radical (unpaired) electrons. The summed E-state index contributed by atoms with van der Waals surface area (Å²) in [5.41, 5.74) is 1.25. The SMILES string of the molecule is Fc1ccc(-c2cnc[nH]2)cc1F. The number of nitrogens with zero attached hydrogens (tertiary/aromatic N) is 1. The van der Waals surface area contributed by atoms with Crippen LogP contribution in [-0.4, -0.2) is 9.97 Å². The van der Waals surface area contributed by atoms with Gasteiger partial charge in [-0.2, -0.15) is 0 Å². The van der Waals surface area contributed by atoms with Gasteiger partial charge in [-0.15, -0.1) is 0 Å². The first kappa shape index (κ1) is 7.91. The normalized spacial score (nSPS) is 10.3. The number of aromatic nitrogens is 2. The topological polar surface area (TPSA) is 28.7 Å². The number of halogens is 2. The van der Waals surface area contributed by atoms with Gasteiger partial charge in [0.05, 0.1) is 18.2 Å². The largest absolute Gasteiger partial charge is 0.345 e. The third kappa shape index (κ3) is 1.42. The molecule has 0 unspecified atom stereocenters. The van der Waals surface area contributed by atoms with E-state index in [9.17, 15) is 8.78 Å². The summed E-state index contributed by atoms with van der Waals surface area (Å²) in [7, 11) is 0. The number of nitrogens with one attached hydrogen (secondary N) is 1. The zero-order valence-electron chi connectivity index (χ0n) is 6.59. The van der Waals surface area contributed by atoms with Crippen LogP contribution in [-0.2, 0) is 0 Å². The Kier molecular flexibility index (Phi) is 1.81. The molecule has 1 heterocycles. The standard InChI is InChI=1S/C9H6F2N2/c10-7-2-1-6(3-8(7)11)9-4-12-5-13-9/h1-5H,(H,12,13). The van der Waals surface area contributed by atoms with Crippen molar-refractivity contribution in [1.82, 2.24) is 9.97 Å². The maximum absolute atomic E-state index is 12.8. The van der Waals surface area contributed by atoms with Crippen LogP contribution in [0.5, 0.6) is 0 Å². The van der Waals surface area contributed by atoms with Crippen LogP contribution in [0.3, 0.4) is 0 Å². The number of H-pyrrole nitrogens is 1. The molecular formula is C9H6F2N2. The quantitative estimate of drug-likeness (QED) is 0.716. The van der Waals surface area contributed by atoms with Gasteiger partial charge in [0.25, 0.3) is 0 Å². The molecule has 0 aliphatic heterocycles. The fourth-order valence-corrected chi connectivity index (χ4v) is 1.08. The van der Waals surface area contributed by atoms with Gasteiger partial charge in [0.1, 0.15) is 0 Å². The van der Waals surface area contributed by atoms with Gasteiger partial charge in [0, 0.05) is 5.56 Å². The van der Waals surface area contributed by atoms with Gasteiger partial charge >= 0.3 is 0 Å². The van der Waals surface area contributed by atoms with Crippen LogP contribution < -0.4 is 0 Å². The Morgan fingerprint density at radius 3 is 2.62 bits per heavy atom. The number of rotatable bonds is 1. The average Bonchev–Trinajstić information content (AvgIpc) is 2.62. The number of benzene rings is 1. The third-order valence-electron chi connectivity index (χ3n) is 1.73. The molecule has 0 bridgehead atoms. The van der Waals surface area contributed by atoms with E-state index >= 15 is 0 Å². The van der Waals surface area contributed by atoms with E-state index in [0.29, 0.717) is 11.3 Å². The number of hydrogen-bond donors (Lipinski definition) is 1. The minimum atomic E-state index is -0.855. The highest BCUT2D eigenvalue weighted by atomic mass is 19.2. The second-order valence-corrected chi connectivity index (χ2v) is 2.59. The lowest BCUT2D eigenvalue weighted by molar-refractivity contribution is 0.509. The minimum absolute atomic E-state index is 0.580. The molecule has 13 heavy (non-hydrogen) atoms. The van der Waals surface area contributed by atoms with Crippen LogP contribution in [0, 0.1) is 11.6 Å². The maximum atomic E-state index is 12.8. The van der Waals surface area contributed by atoms with Crippen LogP contribution in [0.15, 0.2) is 30.7 Å². The minimum Gasteiger partial charge on any atom is -0.345 e. The molecule has 0 aliphatic carbocycles. The highest BCUT2D eigenvalue weighted by molar-refractivity contribution is 5.57. The van der Waals surface area contributed by atoms with E-state index < -0.39 is 11.6 Å². The molecule has 4 heteroatoms. The van der Waals surface area contributed by atoms with Crippen LogP contribution in [0.4, 0.5) is 8.78 Å². The van der Waals surface area contributed by atoms with Crippen LogP contribution >= 0.6 is 0 Å². The van der Waals surface area contributed by atoms with Crippen molar-refractivity contribution in [2.24, 2.45) is 0 Å². The van der Waals surface area contributed by atoms with Crippen LogP contribution in [0.2, 0.25) is 0 Å². The van der Waals surface area contributed by atoms with E-state index in [1.807, 2.05) is 0 Å². The van der Waals surface area contributed by atoms with Gasteiger partial charge in [-0.25, -0.2) is 13.8 Å². The Labute approximate surface area is 73.2 Å². The Morgan fingerprint density at radius 2 is 2.00 bits per heavy atom. The molecule has 0 aliphatic rings. The smallest absolute Gasteiger partial charge is 0.159 e. The van der Waals surface area contributed by atoms with E-state index in [2.05, 4.69) is 9.97 Å². The van der Waals surface area contributed by atoms with Crippen LogP contribution in [0.1, 0.15) is 0 Å². The van der Waals surface area contributed by atoms with Gasteiger partial charge < -0.3 is 4.98 Å². The Balaban J connectivity index is 2.49. The second kappa shape index (κ2) is 2.97. The van der Waals surface area contributed by atoms with E-state index in [-0.39, 0.29) is 0 Å². The zero-order valence-corrected chi connectivity index (χ0v) is 6.59. The molecular weight excluding hydrogens is 174 g/mol. The Morgan fingerprint density at radius 1 is 1.15 bits per heavy atom. The molecule has 0 amide bonds. The summed E-state index contributed by atoms with van der Waals surface area (Å²) in [5, 5.41) is 0. The predicted molar refractivity (Wildman–Crippen MR) is 43.9 cm³/mol. The molecule has 0 atom stereocenters. The fourth-order valence-electron chi connectivity index (χ4n) is 1.08. The molecule has 1 N–H and O–H groups in total.